The van der Waals surface area contributed by atoms with Crippen LogP contribution in [0.1, 0.15) is 26.2 Å². The van der Waals surface area contributed by atoms with Gasteiger partial charge in [-0.3, -0.25) is 0 Å². The Balaban J connectivity index is 1.71. The zero-order valence-corrected chi connectivity index (χ0v) is 5.93. The second-order valence-corrected chi connectivity index (χ2v) is 2.39. The van der Waals surface area contributed by atoms with Crippen LogP contribution in [0.3, 0.4) is 0 Å². The molecule has 1 rings (SSSR count). The average molecular weight is 130 g/mol. The highest BCUT2D eigenvalue weighted by atomic mass is 16.7. The van der Waals surface area contributed by atoms with Gasteiger partial charge in [0, 0.05) is 6.61 Å². The van der Waals surface area contributed by atoms with E-state index in [-0.39, 0.29) is 0 Å². The van der Waals surface area contributed by atoms with Crippen LogP contribution in [0, 0.1) is 0 Å². The summed E-state index contributed by atoms with van der Waals surface area (Å²) in [6.07, 6.45) is 4.07. The van der Waals surface area contributed by atoms with Crippen molar-refractivity contribution in [2.75, 3.05) is 13.4 Å². The predicted octanol–water partition coefficient (Wildman–Crippen LogP) is 1.55. The van der Waals surface area contributed by atoms with E-state index in [0.717, 1.165) is 13.0 Å². The Morgan fingerprint density at radius 1 is 1.44 bits per heavy atom. The van der Waals surface area contributed by atoms with Gasteiger partial charge in [-0.05, 0) is 19.3 Å². The molecule has 0 aromatic carbocycles. The molecule has 0 atom stereocenters. The first-order chi connectivity index (χ1) is 4.43. The van der Waals surface area contributed by atoms with E-state index < -0.39 is 0 Å². The first kappa shape index (κ1) is 7.03. The molecule has 0 heterocycles. The Morgan fingerprint density at radius 2 is 2.22 bits per heavy atom. The third kappa shape index (κ3) is 3.49. The molecule has 1 aliphatic rings. The summed E-state index contributed by atoms with van der Waals surface area (Å²) in [5, 5.41) is 0. The fourth-order valence-electron chi connectivity index (χ4n) is 0.582. The molecule has 0 N–H and O–H groups in total. The maximum atomic E-state index is 5.23. The van der Waals surface area contributed by atoms with Crippen LogP contribution >= 0.6 is 0 Å². The quantitative estimate of drug-likeness (QED) is 0.415. The van der Waals surface area contributed by atoms with Crippen molar-refractivity contribution in [2.45, 2.75) is 32.3 Å². The smallest absolute Gasteiger partial charge is 0.147 e. The van der Waals surface area contributed by atoms with E-state index in [1.807, 2.05) is 0 Å². The van der Waals surface area contributed by atoms with Crippen LogP contribution in [0.15, 0.2) is 0 Å². The predicted molar refractivity (Wildman–Crippen MR) is 35.2 cm³/mol. The Bertz CT molecular complexity index is 69.3. The highest BCUT2D eigenvalue weighted by Crippen LogP contribution is 2.22. The van der Waals surface area contributed by atoms with Gasteiger partial charge in [-0.2, -0.15) is 0 Å². The van der Waals surface area contributed by atoms with E-state index in [0.29, 0.717) is 12.9 Å². The van der Waals surface area contributed by atoms with Crippen molar-refractivity contribution in [2.24, 2.45) is 0 Å². The fourth-order valence-corrected chi connectivity index (χ4v) is 0.582. The molecule has 0 aromatic rings. The number of hydrogen-bond donors (Lipinski definition) is 0. The van der Waals surface area contributed by atoms with Gasteiger partial charge in [0.25, 0.3) is 0 Å². The Hall–Kier alpha value is -0.0800. The minimum Gasteiger partial charge on any atom is -0.355 e. The second kappa shape index (κ2) is 3.85. The molecule has 0 aliphatic heterocycles. The molecule has 1 saturated carbocycles. The molecule has 0 saturated heterocycles. The highest BCUT2D eigenvalue weighted by Gasteiger charge is 2.21. The van der Waals surface area contributed by atoms with Crippen LogP contribution in [0.5, 0.6) is 0 Å². The van der Waals surface area contributed by atoms with Gasteiger partial charge in [0.2, 0.25) is 0 Å². The summed E-state index contributed by atoms with van der Waals surface area (Å²) in [6, 6.07) is 0. The molecule has 0 radical (unpaired) electrons. The van der Waals surface area contributed by atoms with Crippen molar-refractivity contribution in [3.05, 3.63) is 0 Å². The van der Waals surface area contributed by atoms with Gasteiger partial charge in [-0.1, -0.05) is 6.92 Å². The second-order valence-electron chi connectivity index (χ2n) is 2.39. The van der Waals surface area contributed by atoms with Crippen molar-refractivity contribution in [3.63, 3.8) is 0 Å². The first-order valence-electron chi connectivity index (χ1n) is 3.63. The summed E-state index contributed by atoms with van der Waals surface area (Å²) in [5.74, 6) is 0. The largest absolute Gasteiger partial charge is 0.355 e. The summed E-state index contributed by atoms with van der Waals surface area (Å²) < 4.78 is 10.3. The third-order valence-corrected chi connectivity index (χ3v) is 1.26. The van der Waals surface area contributed by atoms with E-state index in [2.05, 4.69) is 6.92 Å². The molecular weight excluding hydrogens is 116 g/mol. The van der Waals surface area contributed by atoms with E-state index >= 15 is 0 Å². The maximum Gasteiger partial charge on any atom is 0.147 e. The Kier molecular flexibility index (Phi) is 3.01. The Labute approximate surface area is 56.2 Å². The van der Waals surface area contributed by atoms with Gasteiger partial charge in [-0.15, -0.1) is 0 Å². The summed E-state index contributed by atoms with van der Waals surface area (Å²) in [6.45, 7) is 3.42. The lowest BCUT2D eigenvalue weighted by molar-refractivity contribution is -0.0611. The third-order valence-electron chi connectivity index (χ3n) is 1.26. The summed E-state index contributed by atoms with van der Waals surface area (Å²) >= 11 is 0. The van der Waals surface area contributed by atoms with Crippen molar-refractivity contribution in [3.8, 4) is 0 Å². The zero-order valence-electron chi connectivity index (χ0n) is 5.93. The fraction of sp³-hybridized carbons (Fsp3) is 1.00. The topological polar surface area (TPSA) is 18.5 Å². The molecular formula is C7H14O2. The van der Waals surface area contributed by atoms with Crippen LogP contribution in [0.25, 0.3) is 0 Å². The maximum absolute atomic E-state index is 5.23. The van der Waals surface area contributed by atoms with Crippen LogP contribution in [0.4, 0.5) is 0 Å². The van der Waals surface area contributed by atoms with Crippen molar-refractivity contribution >= 4 is 0 Å². The Morgan fingerprint density at radius 3 is 2.78 bits per heavy atom. The monoisotopic (exact) mass is 130 g/mol. The number of rotatable bonds is 5. The summed E-state index contributed by atoms with van der Waals surface area (Å²) in [7, 11) is 0. The van der Waals surface area contributed by atoms with E-state index in [1.165, 1.54) is 12.8 Å². The van der Waals surface area contributed by atoms with Crippen molar-refractivity contribution in [1.29, 1.82) is 0 Å². The zero-order chi connectivity index (χ0) is 6.53. The van der Waals surface area contributed by atoms with Gasteiger partial charge in [0.1, 0.15) is 6.79 Å². The van der Waals surface area contributed by atoms with Gasteiger partial charge in [0.15, 0.2) is 0 Å². The van der Waals surface area contributed by atoms with Gasteiger partial charge in [0.05, 0.1) is 6.10 Å². The molecule has 2 heteroatoms. The summed E-state index contributed by atoms with van der Waals surface area (Å²) in [4.78, 5) is 0. The van der Waals surface area contributed by atoms with E-state index in [9.17, 15) is 0 Å². The molecule has 54 valence electrons. The van der Waals surface area contributed by atoms with Gasteiger partial charge < -0.3 is 9.47 Å². The van der Waals surface area contributed by atoms with Gasteiger partial charge >= 0.3 is 0 Å². The first-order valence-corrected chi connectivity index (χ1v) is 3.63. The molecule has 0 unspecified atom stereocenters. The van der Waals surface area contributed by atoms with E-state index in [1.54, 1.807) is 0 Å². The normalized spacial score (nSPS) is 18.3. The lowest BCUT2D eigenvalue weighted by atomic mass is 10.5. The molecule has 0 spiro atoms. The summed E-state index contributed by atoms with van der Waals surface area (Å²) in [5.41, 5.74) is 0. The minimum atomic E-state index is 0.499. The lowest BCUT2D eigenvalue weighted by Crippen LogP contribution is -2.01. The SMILES string of the molecule is CCCOCOC1CC1. The van der Waals surface area contributed by atoms with Crippen molar-refractivity contribution in [1.82, 2.24) is 0 Å². The van der Waals surface area contributed by atoms with Crippen LogP contribution in [-0.4, -0.2) is 19.5 Å². The molecule has 1 aliphatic carbocycles. The van der Waals surface area contributed by atoms with Crippen LogP contribution in [0.2, 0.25) is 0 Å². The van der Waals surface area contributed by atoms with Crippen molar-refractivity contribution < 1.29 is 9.47 Å². The standard InChI is InChI=1S/C7H14O2/c1-2-5-8-6-9-7-3-4-7/h7H,2-6H2,1H3. The minimum absolute atomic E-state index is 0.499. The van der Waals surface area contributed by atoms with E-state index in [4.69, 9.17) is 9.47 Å². The van der Waals surface area contributed by atoms with Gasteiger partial charge in [-0.25, -0.2) is 0 Å². The molecule has 1 fully saturated rings. The van der Waals surface area contributed by atoms with Crippen LogP contribution < -0.4 is 0 Å². The average Bonchev–Trinajstić information content (AvgIpc) is 2.63. The number of ether oxygens (including phenoxy) is 2. The highest BCUT2D eigenvalue weighted by molar-refractivity contribution is 4.72. The molecule has 9 heavy (non-hydrogen) atoms. The molecule has 0 amide bonds. The molecule has 2 nitrogen and oxygen atoms in total. The van der Waals surface area contributed by atoms with Crippen LogP contribution in [-0.2, 0) is 9.47 Å². The number of hydrogen-bond acceptors (Lipinski definition) is 2. The lowest BCUT2D eigenvalue weighted by Gasteiger charge is -2.01. The molecule has 0 aromatic heterocycles. The molecule has 0 bridgehead atoms.